The number of carbonyl (C=O) groups excluding carboxylic acids is 2. The molecule has 2 amide bonds. The Morgan fingerprint density at radius 1 is 1.07 bits per heavy atom. The van der Waals surface area contributed by atoms with Gasteiger partial charge in [0.05, 0.1) is 52.4 Å². The number of benzene rings is 2. The van der Waals surface area contributed by atoms with Crippen molar-refractivity contribution < 1.29 is 29.1 Å². The van der Waals surface area contributed by atoms with Crippen molar-refractivity contribution in [2.24, 2.45) is 5.92 Å². The van der Waals surface area contributed by atoms with Crippen LogP contribution < -0.4 is 11.1 Å². The fourth-order valence-corrected chi connectivity index (χ4v) is 8.14. The third-order valence-electron chi connectivity index (χ3n) is 10.4. The minimum absolute atomic E-state index is 0.0223. The van der Waals surface area contributed by atoms with Crippen LogP contribution in [0.4, 0.5) is 5.82 Å². The van der Waals surface area contributed by atoms with Crippen molar-refractivity contribution in [1.29, 1.82) is 0 Å². The van der Waals surface area contributed by atoms with Gasteiger partial charge in [0.25, 0.3) is 0 Å². The highest BCUT2D eigenvalue weighted by Crippen LogP contribution is 2.34. The normalized spacial score (nSPS) is 16.9. The Bertz CT molecular complexity index is 2360. The Balaban J connectivity index is 0.954. The summed E-state index contributed by atoms with van der Waals surface area (Å²) in [5, 5.41) is 40.9. The molecule has 0 bridgehead atoms. The molecule has 0 aliphatic carbocycles. The number of phenolic OH excluding ortho intramolecular Hbond substituents is 1. The topological polar surface area (TPSA) is 208 Å². The maximum absolute atomic E-state index is 14.4. The largest absolute Gasteiger partial charge is 0.507 e. The number of anilines is 1. The molecule has 5 heterocycles. The maximum atomic E-state index is 14.4. The van der Waals surface area contributed by atoms with Crippen LogP contribution in [0, 0.1) is 19.8 Å². The third kappa shape index (κ3) is 8.93. The van der Waals surface area contributed by atoms with E-state index in [1.54, 1.807) is 59.5 Å². The van der Waals surface area contributed by atoms with Crippen LogP contribution >= 0.6 is 11.3 Å². The number of aryl methyl sites for hydroxylation is 3. The van der Waals surface area contributed by atoms with Crippen LogP contribution in [0.3, 0.4) is 0 Å². The van der Waals surface area contributed by atoms with E-state index in [1.807, 2.05) is 62.8 Å². The van der Waals surface area contributed by atoms with Crippen LogP contribution in [-0.4, -0.2) is 89.0 Å². The number of nitrogens with two attached hydrogens (primary N) is 1. The van der Waals surface area contributed by atoms with Gasteiger partial charge in [-0.2, -0.15) is 5.10 Å². The lowest BCUT2D eigenvalue weighted by Gasteiger charge is -2.30. The Morgan fingerprint density at radius 2 is 1.86 bits per heavy atom. The first-order valence-corrected chi connectivity index (χ1v) is 20.1. The van der Waals surface area contributed by atoms with Crippen LogP contribution in [0.25, 0.3) is 32.8 Å². The van der Waals surface area contributed by atoms with Gasteiger partial charge >= 0.3 is 0 Å². The predicted molar refractivity (Wildman–Crippen MR) is 218 cm³/mol. The zero-order chi connectivity index (χ0) is 40.9. The Hall–Kier alpha value is -5.97. The van der Waals surface area contributed by atoms with Crippen molar-refractivity contribution in [3.63, 3.8) is 0 Å². The quantitative estimate of drug-likeness (QED) is 0.0924. The smallest absolute Gasteiger partial charge is 0.243 e. The first-order valence-electron chi connectivity index (χ1n) is 19.2. The number of ether oxygens (including phenoxy) is 1. The van der Waals surface area contributed by atoms with E-state index in [9.17, 15) is 19.8 Å². The number of thiazole rings is 1. The zero-order valence-corrected chi connectivity index (χ0v) is 33.6. The molecule has 5 N–H and O–H groups in total. The number of nitrogens with one attached hydrogen (secondary N) is 1. The maximum Gasteiger partial charge on any atom is 0.243 e. The SMILES string of the molecule is Cc1cc([C@H](C(=O)N2C[C@H](O)C[C@H]2C(=O)N[C@@H](C)c2ccc(-c3scnc3C)cc2)[C@H](C)COCCCn2cc(-c3cc(-c4ccccc4O)nnc3N)cn2)on1. The average Bonchev–Trinajstić information content (AvgIpc) is 4.04. The molecule has 0 unspecified atom stereocenters. The van der Waals surface area contributed by atoms with Gasteiger partial charge in [0, 0.05) is 55.1 Å². The minimum atomic E-state index is -0.863. The summed E-state index contributed by atoms with van der Waals surface area (Å²) >= 11 is 1.58. The van der Waals surface area contributed by atoms with Crippen molar-refractivity contribution >= 4 is 29.0 Å². The number of aliphatic hydroxyl groups excluding tert-OH is 1. The van der Waals surface area contributed by atoms with Gasteiger partial charge in [0.15, 0.2) is 5.82 Å². The number of aromatic nitrogens is 6. The number of phenols is 1. The molecule has 0 spiro atoms. The molecule has 302 valence electrons. The number of aromatic hydroxyl groups is 1. The van der Waals surface area contributed by atoms with Crippen molar-refractivity contribution in [3.05, 3.63) is 101 Å². The van der Waals surface area contributed by atoms with Gasteiger partial charge in [-0.05, 0) is 62.4 Å². The predicted octanol–water partition coefficient (Wildman–Crippen LogP) is 5.69. The van der Waals surface area contributed by atoms with Crippen LogP contribution in [0.15, 0.2) is 83.1 Å². The summed E-state index contributed by atoms with van der Waals surface area (Å²) in [6, 6.07) is 17.2. The minimum Gasteiger partial charge on any atom is -0.507 e. The molecular formula is C42H47N9O6S. The van der Waals surface area contributed by atoms with E-state index in [2.05, 4.69) is 30.8 Å². The summed E-state index contributed by atoms with van der Waals surface area (Å²) in [6.45, 7) is 8.76. The molecule has 7 rings (SSSR count). The number of aliphatic hydroxyl groups is 1. The molecule has 1 fully saturated rings. The molecule has 58 heavy (non-hydrogen) atoms. The molecule has 1 saturated heterocycles. The molecule has 15 nitrogen and oxygen atoms in total. The van der Waals surface area contributed by atoms with Gasteiger partial charge in [-0.15, -0.1) is 21.5 Å². The molecule has 16 heteroatoms. The first-order chi connectivity index (χ1) is 28.0. The summed E-state index contributed by atoms with van der Waals surface area (Å²) in [5.41, 5.74) is 14.0. The Morgan fingerprint density at radius 3 is 2.59 bits per heavy atom. The number of likely N-dealkylation sites (tertiary alicyclic amines) is 1. The number of β-amino-alcohol motifs (C(OH)–C–C–N with tert-alkyl or cyclic N) is 1. The van der Waals surface area contributed by atoms with E-state index in [4.69, 9.17) is 15.0 Å². The summed E-state index contributed by atoms with van der Waals surface area (Å²) in [6.07, 6.45) is 3.47. The van der Waals surface area contributed by atoms with Crippen molar-refractivity contribution in [1.82, 2.24) is 40.3 Å². The van der Waals surface area contributed by atoms with Gasteiger partial charge in [-0.25, -0.2) is 4.98 Å². The number of para-hydroxylation sites is 1. The highest BCUT2D eigenvalue weighted by atomic mass is 32.1. The summed E-state index contributed by atoms with van der Waals surface area (Å²) in [7, 11) is 0. The molecule has 1 aliphatic heterocycles. The van der Waals surface area contributed by atoms with Gasteiger partial charge in [0.1, 0.15) is 23.5 Å². The molecule has 5 atom stereocenters. The van der Waals surface area contributed by atoms with Crippen molar-refractivity contribution in [2.75, 3.05) is 25.5 Å². The lowest BCUT2D eigenvalue weighted by atomic mass is 9.90. The monoisotopic (exact) mass is 805 g/mol. The fraction of sp³-hybridized carbons (Fsp3) is 0.357. The first kappa shape index (κ1) is 40.2. The van der Waals surface area contributed by atoms with E-state index in [-0.39, 0.29) is 54.9 Å². The molecule has 2 aromatic carbocycles. The molecule has 0 saturated carbocycles. The molecular weight excluding hydrogens is 759 g/mol. The number of nitrogen functional groups attached to an aromatic ring is 1. The van der Waals surface area contributed by atoms with Gasteiger partial charge in [-0.1, -0.05) is 48.5 Å². The van der Waals surface area contributed by atoms with E-state index >= 15 is 0 Å². The van der Waals surface area contributed by atoms with Crippen LogP contribution in [0.2, 0.25) is 0 Å². The highest BCUT2D eigenvalue weighted by molar-refractivity contribution is 7.13. The summed E-state index contributed by atoms with van der Waals surface area (Å²) in [4.78, 5) is 35.0. The molecule has 4 aromatic heterocycles. The second-order valence-electron chi connectivity index (χ2n) is 14.8. The molecule has 0 radical (unpaired) electrons. The fourth-order valence-electron chi connectivity index (χ4n) is 7.33. The van der Waals surface area contributed by atoms with E-state index in [0.29, 0.717) is 47.8 Å². The van der Waals surface area contributed by atoms with Crippen LogP contribution in [-0.2, 0) is 20.9 Å². The van der Waals surface area contributed by atoms with E-state index < -0.39 is 18.1 Å². The third-order valence-corrected chi connectivity index (χ3v) is 11.4. The zero-order valence-electron chi connectivity index (χ0n) is 32.8. The number of nitrogens with zero attached hydrogens (tertiary/aromatic N) is 7. The molecule has 6 aromatic rings. The summed E-state index contributed by atoms with van der Waals surface area (Å²) in [5.74, 6) is -1.09. The highest BCUT2D eigenvalue weighted by Gasteiger charge is 2.44. The standard InChI is InChI=1S/C42H47N9O6S/c1-24(22-56-15-7-14-50-20-30(19-45-50)33-18-34(47-48-40(33)43)32-8-5-6-9-36(32)53)38(37-16-25(2)49-57-37)42(55)51-21-31(52)17-35(51)41(54)46-26(3)28-10-12-29(13-11-28)39-27(4)44-23-58-39/h5-6,8-13,16,18-20,23-24,26,31,35,38,52-53H,7,14-15,17,21-22H2,1-4H3,(H2,43,48)(H,46,54)/t24-,26+,31-,35+,38-/m1/s1. The second-order valence-corrected chi connectivity index (χ2v) is 15.7. The van der Waals surface area contributed by atoms with Crippen molar-refractivity contribution in [2.45, 2.75) is 71.2 Å². The lowest BCUT2D eigenvalue weighted by Crippen LogP contribution is -2.48. The average molecular weight is 806 g/mol. The Labute approximate surface area is 339 Å². The van der Waals surface area contributed by atoms with Crippen LogP contribution in [0.1, 0.15) is 61.4 Å². The number of rotatable bonds is 15. The Kier molecular flexibility index (Phi) is 12.3. The number of hydrogen-bond donors (Lipinski definition) is 4. The van der Waals surface area contributed by atoms with Gasteiger partial charge in [0.2, 0.25) is 11.8 Å². The van der Waals surface area contributed by atoms with Crippen LogP contribution in [0.5, 0.6) is 5.75 Å². The number of amides is 2. The van der Waals surface area contributed by atoms with E-state index in [1.165, 1.54) is 4.90 Å². The van der Waals surface area contributed by atoms with Gasteiger partial charge in [-0.3, -0.25) is 14.3 Å². The van der Waals surface area contributed by atoms with Crippen molar-refractivity contribution in [3.8, 4) is 38.6 Å². The molecule has 1 aliphatic rings. The lowest BCUT2D eigenvalue weighted by molar-refractivity contribution is -0.141. The number of hydrogen-bond acceptors (Lipinski definition) is 13. The number of carbonyl (C=O) groups is 2. The van der Waals surface area contributed by atoms with Gasteiger partial charge < -0.3 is 35.4 Å². The second kappa shape index (κ2) is 17.7. The van der Waals surface area contributed by atoms with E-state index in [0.717, 1.165) is 27.3 Å². The summed E-state index contributed by atoms with van der Waals surface area (Å²) < 4.78 is 13.5.